The molecule has 1 aromatic heterocycles. The first kappa shape index (κ1) is 15.5. The summed E-state index contributed by atoms with van der Waals surface area (Å²) in [5.74, 6) is 0.512. The molecule has 0 unspecified atom stereocenters. The highest BCUT2D eigenvalue weighted by molar-refractivity contribution is 5.97. The summed E-state index contributed by atoms with van der Waals surface area (Å²) in [5.41, 5.74) is 1.96. The minimum absolute atomic E-state index is 0.0224. The van der Waals surface area contributed by atoms with Crippen LogP contribution in [0, 0.1) is 5.92 Å². The smallest absolute Gasteiger partial charge is 0.254 e. The van der Waals surface area contributed by atoms with Gasteiger partial charge in [0.25, 0.3) is 5.91 Å². The Hall–Kier alpha value is -2.37. The summed E-state index contributed by atoms with van der Waals surface area (Å²) in [5, 5.41) is 0. The van der Waals surface area contributed by atoms with Gasteiger partial charge in [0.2, 0.25) is 5.91 Å². The van der Waals surface area contributed by atoms with E-state index < -0.39 is 0 Å². The maximum absolute atomic E-state index is 12.6. The van der Waals surface area contributed by atoms with Gasteiger partial charge in [0.05, 0.1) is 0 Å². The topological polar surface area (TPSA) is 66.7 Å². The van der Waals surface area contributed by atoms with Crippen molar-refractivity contribution in [2.75, 3.05) is 26.2 Å². The number of benzene rings is 1. The minimum Gasteiger partial charge on any atom is -0.443 e. The standard InChI is InChI=1S/C17H21N3O3/c1-12(2)9-16(21)19-5-7-20(8-6-19)17(22)13-3-4-15-14(10-13)18-11-23-15/h3-4,10-12H,5-9H2,1-2H3. The lowest BCUT2D eigenvalue weighted by atomic mass is 10.1. The molecular weight excluding hydrogens is 294 g/mol. The first-order chi connectivity index (χ1) is 11.0. The molecule has 1 aliphatic heterocycles. The van der Waals surface area contributed by atoms with Crippen LogP contribution in [-0.2, 0) is 4.79 Å². The summed E-state index contributed by atoms with van der Waals surface area (Å²) in [6.07, 6.45) is 1.94. The van der Waals surface area contributed by atoms with Crippen molar-refractivity contribution in [3.8, 4) is 0 Å². The Kier molecular flexibility index (Phi) is 4.32. The molecule has 0 bridgehead atoms. The second-order valence-electron chi connectivity index (χ2n) is 6.31. The van der Waals surface area contributed by atoms with Crippen molar-refractivity contribution in [1.29, 1.82) is 0 Å². The van der Waals surface area contributed by atoms with Gasteiger partial charge in [-0.3, -0.25) is 9.59 Å². The van der Waals surface area contributed by atoms with Crippen LogP contribution in [0.4, 0.5) is 0 Å². The van der Waals surface area contributed by atoms with E-state index in [4.69, 9.17) is 4.42 Å². The van der Waals surface area contributed by atoms with E-state index >= 15 is 0 Å². The van der Waals surface area contributed by atoms with E-state index in [1.165, 1.54) is 6.39 Å². The number of hydrogen-bond acceptors (Lipinski definition) is 4. The van der Waals surface area contributed by atoms with Crippen molar-refractivity contribution < 1.29 is 14.0 Å². The van der Waals surface area contributed by atoms with Gasteiger partial charge in [-0.25, -0.2) is 4.98 Å². The number of amides is 2. The Morgan fingerprint density at radius 2 is 1.87 bits per heavy atom. The van der Waals surface area contributed by atoms with Gasteiger partial charge in [0, 0.05) is 38.2 Å². The van der Waals surface area contributed by atoms with Crippen LogP contribution in [0.1, 0.15) is 30.6 Å². The third-order valence-corrected chi connectivity index (χ3v) is 4.08. The summed E-state index contributed by atoms with van der Waals surface area (Å²) >= 11 is 0. The molecule has 0 N–H and O–H groups in total. The van der Waals surface area contributed by atoms with Crippen LogP contribution >= 0.6 is 0 Å². The van der Waals surface area contributed by atoms with Crippen LogP contribution in [0.2, 0.25) is 0 Å². The maximum Gasteiger partial charge on any atom is 0.254 e. The third-order valence-electron chi connectivity index (χ3n) is 4.08. The molecule has 2 amide bonds. The molecule has 122 valence electrons. The molecule has 6 heteroatoms. The van der Waals surface area contributed by atoms with Gasteiger partial charge in [-0.1, -0.05) is 13.8 Å². The van der Waals surface area contributed by atoms with Crippen LogP contribution in [0.3, 0.4) is 0 Å². The van der Waals surface area contributed by atoms with Crippen molar-refractivity contribution in [3.05, 3.63) is 30.2 Å². The highest BCUT2D eigenvalue weighted by Crippen LogP contribution is 2.17. The van der Waals surface area contributed by atoms with E-state index in [2.05, 4.69) is 4.98 Å². The third kappa shape index (κ3) is 3.36. The van der Waals surface area contributed by atoms with Crippen molar-refractivity contribution in [2.45, 2.75) is 20.3 Å². The first-order valence-electron chi connectivity index (χ1n) is 7.95. The van der Waals surface area contributed by atoms with Gasteiger partial charge in [0.1, 0.15) is 5.52 Å². The van der Waals surface area contributed by atoms with E-state index in [1.54, 1.807) is 23.1 Å². The van der Waals surface area contributed by atoms with Gasteiger partial charge in [-0.05, 0) is 24.1 Å². The van der Waals surface area contributed by atoms with Gasteiger partial charge in [-0.15, -0.1) is 0 Å². The molecule has 23 heavy (non-hydrogen) atoms. The van der Waals surface area contributed by atoms with E-state index in [0.717, 1.165) is 0 Å². The summed E-state index contributed by atoms with van der Waals surface area (Å²) in [4.78, 5) is 32.4. The molecule has 0 radical (unpaired) electrons. The zero-order valence-corrected chi connectivity index (χ0v) is 13.5. The van der Waals surface area contributed by atoms with Crippen LogP contribution in [0.25, 0.3) is 11.1 Å². The molecule has 1 saturated heterocycles. The molecule has 2 aromatic rings. The summed E-state index contributed by atoms with van der Waals surface area (Å²) in [7, 11) is 0. The van der Waals surface area contributed by atoms with Gasteiger partial charge < -0.3 is 14.2 Å². The van der Waals surface area contributed by atoms with Gasteiger partial charge in [-0.2, -0.15) is 0 Å². The zero-order valence-electron chi connectivity index (χ0n) is 13.5. The van der Waals surface area contributed by atoms with Crippen LogP contribution < -0.4 is 0 Å². The van der Waals surface area contributed by atoms with Crippen LogP contribution in [-0.4, -0.2) is 52.8 Å². The van der Waals surface area contributed by atoms with E-state index in [-0.39, 0.29) is 11.8 Å². The minimum atomic E-state index is -0.0224. The molecule has 0 atom stereocenters. The Morgan fingerprint density at radius 1 is 1.17 bits per heavy atom. The molecule has 1 aromatic carbocycles. The molecule has 2 heterocycles. The number of piperazine rings is 1. The molecule has 1 aliphatic rings. The Balaban J connectivity index is 1.62. The van der Waals surface area contributed by atoms with Crippen molar-refractivity contribution >= 4 is 22.9 Å². The van der Waals surface area contributed by atoms with E-state index in [9.17, 15) is 9.59 Å². The normalized spacial score (nSPS) is 15.4. The number of hydrogen-bond donors (Lipinski definition) is 0. The number of carbonyl (C=O) groups is 2. The lowest BCUT2D eigenvalue weighted by molar-refractivity contribution is -0.133. The zero-order chi connectivity index (χ0) is 16.4. The number of rotatable bonds is 3. The molecule has 0 aliphatic carbocycles. The summed E-state index contributed by atoms with van der Waals surface area (Å²) in [6.45, 7) is 6.42. The fraction of sp³-hybridized carbons (Fsp3) is 0.471. The molecular formula is C17H21N3O3. The lowest BCUT2D eigenvalue weighted by Gasteiger charge is -2.35. The monoisotopic (exact) mass is 315 g/mol. The quantitative estimate of drug-likeness (QED) is 0.870. The fourth-order valence-corrected chi connectivity index (χ4v) is 2.81. The largest absolute Gasteiger partial charge is 0.443 e. The van der Waals surface area contributed by atoms with Gasteiger partial charge >= 0.3 is 0 Å². The number of nitrogens with zero attached hydrogens (tertiary/aromatic N) is 3. The number of carbonyl (C=O) groups excluding carboxylic acids is 2. The Bertz CT molecular complexity index is 715. The predicted octanol–water partition coefficient (Wildman–Crippen LogP) is 2.16. The lowest BCUT2D eigenvalue weighted by Crippen LogP contribution is -2.50. The summed E-state index contributed by atoms with van der Waals surface area (Å²) < 4.78 is 5.19. The summed E-state index contributed by atoms with van der Waals surface area (Å²) in [6, 6.07) is 5.27. The molecule has 3 rings (SSSR count). The predicted molar refractivity (Wildman–Crippen MR) is 85.9 cm³/mol. The molecule has 0 spiro atoms. The van der Waals surface area contributed by atoms with Crippen LogP contribution in [0.5, 0.6) is 0 Å². The number of aromatic nitrogens is 1. The maximum atomic E-state index is 12.6. The fourth-order valence-electron chi connectivity index (χ4n) is 2.81. The highest BCUT2D eigenvalue weighted by atomic mass is 16.3. The molecule has 6 nitrogen and oxygen atoms in total. The van der Waals surface area contributed by atoms with Crippen molar-refractivity contribution in [2.24, 2.45) is 5.92 Å². The SMILES string of the molecule is CC(C)CC(=O)N1CCN(C(=O)c2ccc3ocnc3c2)CC1. The highest BCUT2D eigenvalue weighted by Gasteiger charge is 2.25. The van der Waals surface area contributed by atoms with Crippen molar-refractivity contribution in [1.82, 2.24) is 14.8 Å². The molecule has 0 saturated carbocycles. The average Bonchev–Trinajstić information content (AvgIpc) is 3.01. The van der Waals surface area contributed by atoms with E-state index in [1.807, 2.05) is 18.7 Å². The average molecular weight is 315 g/mol. The first-order valence-corrected chi connectivity index (χ1v) is 7.95. The van der Waals surface area contributed by atoms with Crippen LogP contribution in [0.15, 0.2) is 29.0 Å². The number of fused-ring (bicyclic) bond motifs is 1. The van der Waals surface area contributed by atoms with Gasteiger partial charge in [0.15, 0.2) is 12.0 Å². The Labute approximate surface area is 135 Å². The van der Waals surface area contributed by atoms with Crippen molar-refractivity contribution in [3.63, 3.8) is 0 Å². The molecule has 1 fully saturated rings. The second-order valence-corrected chi connectivity index (χ2v) is 6.31. The van der Waals surface area contributed by atoms with E-state index in [0.29, 0.717) is 55.2 Å². The second kappa shape index (κ2) is 6.40. The number of oxazole rings is 1. The Morgan fingerprint density at radius 3 is 2.57 bits per heavy atom.